The maximum Gasteiger partial charge on any atom is 0.311 e. The summed E-state index contributed by atoms with van der Waals surface area (Å²) < 4.78 is 10.2. The second-order valence-corrected chi connectivity index (χ2v) is 4.05. The minimum absolute atomic E-state index is 0.0622. The Bertz CT molecular complexity index is 499. The van der Waals surface area contributed by atoms with Gasteiger partial charge in [0.1, 0.15) is 5.69 Å². The van der Waals surface area contributed by atoms with Gasteiger partial charge in [0.05, 0.1) is 5.69 Å². The molecule has 1 aromatic carbocycles. The van der Waals surface area contributed by atoms with Crippen LogP contribution in [0.3, 0.4) is 0 Å². The average Bonchev–Trinajstić information content (AvgIpc) is 2.34. The fourth-order valence-corrected chi connectivity index (χ4v) is 1.68. The predicted molar refractivity (Wildman–Crippen MR) is 65.0 cm³/mol. The molecule has 6 heteroatoms. The van der Waals surface area contributed by atoms with Crippen molar-refractivity contribution in [3.63, 3.8) is 0 Å². The number of nitrogens with two attached hydrogens (primary N) is 2. The van der Waals surface area contributed by atoms with Crippen LogP contribution < -0.4 is 20.9 Å². The van der Waals surface area contributed by atoms with E-state index in [-0.39, 0.29) is 41.7 Å². The number of hydrogen-bond acceptors (Lipinski definition) is 6. The highest BCUT2D eigenvalue weighted by molar-refractivity contribution is 5.83. The smallest absolute Gasteiger partial charge is 0.311 e. The summed E-state index contributed by atoms with van der Waals surface area (Å²) >= 11 is 0. The largest absolute Gasteiger partial charge is 0.424 e. The van der Waals surface area contributed by atoms with E-state index in [0.29, 0.717) is 12.8 Å². The lowest BCUT2D eigenvalue weighted by Gasteiger charge is -2.12. The Morgan fingerprint density at radius 2 is 1.56 bits per heavy atom. The van der Waals surface area contributed by atoms with E-state index in [0.717, 1.165) is 0 Å². The normalized spacial score (nSPS) is 16.4. The number of rotatable bonds is 0. The van der Waals surface area contributed by atoms with Crippen LogP contribution in [0.15, 0.2) is 12.1 Å². The van der Waals surface area contributed by atoms with E-state index in [1.54, 1.807) is 0 Å². The number of esters is 2. The van der Waals surface area contributed by atoms with E-state index in [9.17, 15) is 9.59 Å². The number of benzene rings is 1. The molecule has 1 aliphatic heterocycles. The third-order valence-electron chi connectivity index (χ3n) is 2.64. The van der Waals surface area contributed by atoms with Crippen LogP contribution in [0, 0.1) is 0 Å². The van der Waals surface area contributed by atoms with E-state index in [1.807, 2.05) is 0 Å². The maximum atomic E-state index is 11.5. The van der Waals surface area contributed by atoms with E-state index in [2.05, 4.69) is 0 Å². The summed E-state index contributed by atoms with van der Waals surface area (Å²) in [5.41, 5.74) is 11.8. The molecule has 0 amide bonds. The zero-order chi connectivity index (χ0) is 13.1. The standard InChI is InChI=1S/C12H14N2O4/c13-7-5-6-8-11(14)12(7)18-10(16)4-2-1-3-9(15)17-8/h5-6H,1-4,13-14H2. The molecule has 0 unspecified atom stereocenters. The van der Waals surface area contributed by atoms with Crippen molar-refractivity contribution < 1.29 is 19.1 Å². The highest BCUT2D eigenvalue weighted by atomic mass is 16.5. The van der Waals surface area contributed by atoms with Crippen LogP contribution in [0.4, 0.5) is 11.4 Å². The number of carbonyl (C=O) groups is 2. The van der Waals surface area contributed by atoms with Crippen molar-refractivity contribution in [3.8, 4) is 11.5 Å². The van der Waals surface area contributed by atoms with Gasteiger partial charge in [0.15, 0.2) is 11.5 Å². The van der Waals surface area contributed by atoms with Gasteiger partial charge in [-0.3, -0.25) is 9.59 Å². The first-order chi connectivity index (χ1) is 8.58. The number of nitrogen functional groups attached to an aromatic ring is 2. The first-order valence-corrected chi connectivity index (χ1v) is 5.67. The first kappa shape index (κ1) is 12.2. The first-order valence-electron chi connectivity index (χ1n) is 5.67. The molecule has 0 aliphatic carbocycles. The van der Waals surface area contributed by atoms with Gasteiger partial charge >= 0.3 is 11.9 Å². The number of fused-ring (bicyclic) bond motifs is 2. The zero-order valence-electron chi connectivity index (χ0n) is 9.77. The molecule has 1 aliphatic rings. The van der Waals surface area contributed by atoms with Gasteiger partial charge in [0.2, 0.25) is 0 Å². The maximum absolute atomic E-state index is 11.5. The molecule has 2 rings (SSSR count). The molecule has 0 spiro atoms. The lowest BCUT2D eigenvalue weighted by Crippen LogP contribution is -2.11. The molecule has 4 N–H and O–H groups in total. The highest BCUT2D eigenvalue weighted by Crippen LogP contribution is 2.37. The number of hydrogen-bond donors (Lipinski definition) is 2. The Labute approximate surface area is 104 Å². The van der Waals surface area contributed by atoms with Crippen LogP contribution in [0.25, 0.3) is 0 Å². The minimum Gasteiger partial charge on any atom is -0.424 e. The Hall–Kier alpha value is -2.24. The van der Waals surface area contributed by atoms with Gasteiger partial charge in [-0.1, -0.05) is 0 Å². The fourth-order valence-electron chi connectivity index (χ4n) is 1.68. The van der Waals surface area contributed by atoms with Gasteiger partial charge in [0.25, 0.3) is 0 Å². The number of ether oxygens (including phenoxy) is 2. The van der Waals surface area contributed by atoms with Crippen LogP contribution in [-0.2, 0) is 9.59 Å². The van der Waals surface area contributed by atoms with Crippen LogP contribution >= 0.6 is 0 Å². The molecule has 0 saturated heterocycles. The summed E-state index contributed by atoms with van der Waals surface area (Å²) in [7, 11) is 0. The van der Waals surface area contributed by atoms with Crippen LogP contribution in [-0.4, -0.2) is 11.9 Å². The molecule has 18 heavy (non-hydrogen) atoms. The molecule has 96 valence electrons. The summed E-state index contributed by atoms with van der Waals surface area (Å²) in [5, 5.41) is 0. The molecule has 0 aromatic heterocycles. The molecule has 0 fully saturated rings. The van der Waals surface area contributed by atoms with Gasteiger partial charge < -0.3 is 20.9 Å². The molecular formula is C12H14N2O4. The van der Waals surface area contributed by atoms with Crippen molar-refractivity contribution in [2.24, 2.45) is 0 Å². The lowest BCUT2D eigenvalue weighted by molar-refractivity contribution is -0.136. The van der Waals surface area contributed by atoms with Crippen molar-refractivity contribution in [2.75, 3.05) is 11.5 Å². The van der Waals surface area contributed by atoms with Crippen LogP contribution in [0.2, 0.25) is 0 Å². The summed E-state index contributed by atoms with van der Waals surface area (Å²) in [6.45, 7) is 0. The van der Waals surface area contributed by atoms with Crippen LogP contribution in [0.5, 0.6) is 11.5 Å². The van der Waals surface area contributed by atoms with Crippen LogP contribution in [0.1, 0.15) is 25.7 Å². The molecular weight excluding hydrogens is 236 g/mol. The lowest BCUT2D eigenvalue weighted by atomic mass is 10.2. The summed E-state index contributed by atoms with van der Waals surface area (Å²) in [6, 6.07) is 2.97. The monoisotopic (exact) mass is 250 g/mol. The second-order valence-electron chi connectivity index (χ2n) is 4.05. The number of anilines is 2. The fraction of sp³-hybridized carbons (Fsp3) is 0.333. The molecule has 1 heterocycles. The molecule has 2 bridgehead atoms. The Morgan fingerprint density at radius 1 is 0.944 bits per heavy atom. The number of carbonyl (C=O) groups excluding carboxylic acids is 2. The van der Waals surface area contributed by atoms with Gasteiger partial charge in [0, 0.05) is 12.8 Å². The van der Waals surface area contributed by atoms with E-state index >= 15 is 0 Å². The Morgan fingerprint density at radius 3 is 2.22 bits per heavy atom. The highest BCUT2D eigenvalue weighted by Gasteiger charge is 2.18. The summed E-state index contributed by atoms with van der Waals surface area (Å²) in [4.78, 5) is 23.0. The summed E-state index contributed by atoms with van der Waals surface area (Å²) in [5.74, 6) is -0.572. The predicted octanol–water partition coefficient (Wildman–Crippen LogP) is 1.24. The van der Waals surface area contributed by atoms with Gasteiger partial charge in [-0.15, -0.1) is 0 Å². The molecule has 0 radical (unpaired) electrons. The minimum atomic E-state index is -0.417. The third-order valence-corrected chi connectivity index (χ3v) is 2.64. The molecule has 6 nitrogen and oxygen atoms in total. The van der Waals surface area contributed by atoms with Crippen molar-refractivity contribution in [2.45, 2.75) is 25.7 Å². The Balaban J connectivity index is 2.41. The quantitative estimate of drug-likeness (QED) is 0.407. The molecule has 0 atom stereocenters. The topological polar surface area (TPSA) is 105 Å². The van der Waals surface area contributed by atoms with Gasteiger partial charge in [-0.2, -0.15) is 0 Å². The van der Waals surface area contributed by atoms with Crippen molar-refractivity contribution in [3.05, 3.63) is 12.1 Å². The third kappa shape index (κ3) is 2.53. The van der Waals surface area contributed by atoms with Crippen molar-refractivity contribution >= 4 is 23.3 Å². The van der Waals surface area contributed by atoms with E-state index in [1.165, 1.54) is 12.1 Å². The van der Waals surface area contributed by atoms with Gasteiger partial charge in [-0.25, -0.2) is 0 Å². The molecule has 0 saturated carbocycles. The Kier molecular flexibility index (Phi) is 3.36. The molecule has 1 aromatic rings. The zero-order valence-corrected chi connectivity index (χ0v) is 9.77. The van der Waals surface area contributed by atoms with Crippen molar-refractivity contribution in [1.82, 2.24) is 0 Å². The van der Waals surface area contributed by atoms with E-state index < -0.39 is 5.97 Å². The van der Waals surface area contributed by atoms with E-state index in [4.69, 9.17) is 20.9 Å². The SMILES string of the molecule is Nc1ccc2c(N)c1OC(=O)CCCCC(=O)O2. The second kappa shape index (κ2) is 4.95. The van der Waals surface area contributed by atoms with Crippen molar-refractivity contribution in [1.29, 1.82) is 0 Å². The summed E-state index contributed by atoms with van der Waals surface area (Å²) in [6.07, 6.45) is 1.59. The average molecular weight is 250 g/mol. The van der Waals surface area contributed by atoms with Gasteiger partial charge in [-0.05, 0) is 25.0 Å².